The van der Waals surface area contributed by atoms with Crippen molar-refractivity contribution in [3.63, 3.8) is 0 Å². The predicted octanol–water partition coefficient (Wildman–Crippen LogP) is 3.96. The zero-order valence-corrected chi connectivity index (χ0v) is 20.3. The van der Waals surface area contributed by atoms with Gasteiger partial charge in [-0.15, -0.1) is 0 Å². The summed E-state index contributed by atoms with van der Waals surface area (Å²) in [6, 6.07) is 6.03. The Morgan fingerprint density at radius 2 is 1.71 bits per heavy atom. The minimum atomic E-state index is -0.525. The highest BCUT2D eigenvalue weighted by molar-refractivity contribution is 5.79. The van der Waals surface area contributed by atoms with Gasteiger partial charge in [0.2, 0.25) is 5.91 Å². The predicted molar refractivity (Wildman–Crippen MR) is 131 cm³/mol. The molecule has 2 aromatic rings. The van der Waals surface area contributed by atoms with Gasteiger partial charge in [-0.1, -0.05) is 19.9 Å². The molecule has 3 heterocycles. The van der Waals surface area contributed by atoms with Crippen molar-refractivity contribution in [2.45, 2.75) is 58.7 Å². The Bertz CT molecular complexity index is 905. The average molecular weight is 474 g/mol. The number of anilines is 1. The van der Waals surface area contributed by atoms with E-state index in [1.54, 1.807) is 12.4 Å². The van der Waals surface area contributed by atoms with Gasteiger partial charge in [0.25, 0.3) is 0 Å². The Morgan fingerprint density at radius 3 is 2.32 bits per heavy atom. The van der Waals surface area contributed by atoms with Gasteiger partial charge in [-0.3, -0.25) is 14.7 Å². The second kappa shape index (κ2) is 12.8. The fourth-order valence-corrected chi connectivity index (χ4v) is 4.67. The quantitative estimate of drug-likeness (QED) is 0.664. The van der Waals surface area contributed by atoms with Crippen molar-refractivity contribution >= 4 is 11.6 Å². The zero-order chi connectivity index (χ0) is 24.5. The van der Waals surface area contributed by atoms with Crippen LogP contribution in [-0.4, -0.2) is 52.9 Å². The number of likely N-dealkylation sites (tertiary alicyclic amines) is 2. The molecule has 3 N–H and O–H groups in total. The first-order valence-electron chi connectivity index (χ1n) is 12.4. The molecule has 2 fully saturated rings. The Morgan fingerprint density at radius 1 is 1.06 bits per heavy atom. The molecule has 0 radical (unpaired) electrons. The molecule has 1 aromatic heterocycles. The normalized spacial score (nSPS) is 17.8. The van der Waals surface area contributed by atoms with Gasteiger partial charge in [0.1, 0.15) is 11.6 Å². The maximum atomic E-state index is 13.8. The number of aromatic nitrogens is 1. The van der Waals surface area contributed by atoms with Gasteiger partial charge in [-0.05, 0) is 62.5 Å². The third-order valence-electron chi connectivity index (χ3n) is 6.71. The Kier molecular flexibility index (Phi) is 9.77. The van der Waals surface area contributed by atoms with Gasteiger partial charge in [-0.25, -0.2) is 8.78 Å². The number of nitrogens with one attached hydrogen (secondary N) is 1. The molecule has 0 saturated carbocycles. The molecule has 6 nitrogen and oxygen atoms in total. The number of benzene rings is 1. The molecule has 4 rings (SSSR count). The number of carbonyl (C=O) groups is 1. The number of pyridine rings is 1. The topological polar surface area (TPSA) is 74.5 Å². The molecule has 8 heteroatoms. The first-order chi connectivity index (χ1) is 16.5. The summed E-state index contributed by atoms with van der Waals surface area (Å²) in [7, 11) is 0. The van der Waals surface area contributed by atoms with E-state index in [1.807, 2.05) is 24.8 Å². The SMILES string of the molecule is CC.Nc1cnccc1CN1CCC(C(=O)N2CCC(NCc3c(F)cccc3F)CC2)CC1. The van der Waals surface area contributed by atoms with Gasteiger partial charge in [0, 0.05) is 49.9 Å². The summed E-state index contributed by atoms with van der Waals surface area (Å²) in [6.07, 6.45) is 6.73. The van der Waals surface area contributed by atoms with Crippen LogP contribution in [0.1, 0.15) is 50.7 Å². The first kappa shape index (κ1) is 26.0. The van der Waals surface area contributed by atoms with Gasteiger partial charge >= 0.3 is 0 Å². The number of nitrogens with two attached hydrogens (primary N) is 1. The molecule has 1 aromatic carbocycles. The second-order valence-corrected chi connectivity index (χ2v) is 8.81. The summed E-state index contributed by atoms with van der Waals surface area (Å²) in [4.78, 5) is 21.3. The highest BCUT2D eigenvalue weighted by Crippen LogP contribution is 2.24. The van der Waals surface area contributed by atoms with E-state index in [0.29, 0.717) is 18.8 Å². The third-order valence-corrected chi connectivity index (χ3v) is 6.71. The van der Waals surface area contributed by atoms with Crippen molar-refractivity contribution in [1.29, 1.82) is 0 Å². The van der Waals surface area contributed by atoms with E-state index < -0.39 is 11.6 Å². The van der Waals surface area contributed by atoms with Crippen LogP contribution in [0.3, 0.4) is 0 Å². The molecule has 34 heavy (non-hydrogen) atoms. The van der Waals surface area contributed by atoms with Crippen molar-refractivity contribution in [2.24, 2.45) is 5.92 Å². The molecule has 0 aliphatic carbocycles. The molecular weight excluding hydrogens is 436 g/mol. The number of carbonyl (C=O) groups excluding carboxylic acids is 1. The summed E-state index contributed by atoms with van der Waals surface area (Å²) in [5.41, 5.74) is 7.86. The summed E-state index contributed by atoms with van der Waals surface area (Å²) in [6.45, 7) is 8.08. The van der Waals surface area contributed by atoms with Crippen LogP contribution in [0.2, 0.25) is 0 Å². The van der Waals surface area contributed by atoms with Crippen LogP contribution in [0.5, 0.6) is 0 Å². The smallest absolute Gasteiger partial charge is 0.225 e. The highest BCUT2D eigenvalue weighted by atomic mass is 19.1. The standard InChI is InChI=1S/C24H31F2N5O.C2H6/c25-21-2-1-3-22(26)20(21)14-29-19-7-12-31(13-8-19)24(32)17-5-10-30(11-6-17)16-18-4-9-28-15-23(18)27;1-2/h1-4,9,15,17,19,29H,5-8,10-14,16,27H2;1-2H3. The lowest BCUT2D eigenvalue weighted by Crippen LogP contribution is -2.48. The van der Waals surface area contributed by atoms with E-state index in [0.717, 1.165) is 50.9 Å². The van der Waals surface area contributed by atoms with E-state index >= 15 is 0 Å². The van der Waals surface area contributed by atoms with E-state index in [9.17, 15) is 13.6 Å². The molecule has 2 aliphatic rings. The number of hydrogen-bond donors (Lipinski definition) is 2. The largest absolute Gasteiger partial charge is 0.397 e. The van der Waals surface area contributed by atoms with Crippen LogP contribution in [-0.2, 0) is 17.9 Å². The Balaban J connectivity index is 0.00000158. The van der Waals surface area contributed by atoms with E-state index in [2.05, 4.69) is 15.2 Å². The number of halogens is 2. The molecular formula is C26H37F2N5O. The summed E-state index contributed by atoms with van der Waals surface area (Å²) >= 11 is 0. The van der Waals surface area contributed by atoms with Crippen molar-refractivity contribution in [3.05, 3.63) is 59.4 Å². The molecule has 0 atom stereocenters. The van der Waals surface area contributed by atoms with E-state index in [1.165, 1.54) is 18.2 Å². The number of amides is 1. The lowest BCUT2D eigenvalue weighted by molar-refractivity contribution is -0.138. The highest BCUT2D eigenvalue weighted by Gasteiger charge is 2.31. The third kappa shape index (κ3) is 6.73. The average Bonchev–Trinajstić information content (AvgIpc) is 2.87. The summed E-state index contributed by atoms with van der Waals surface area (Å²) in [5.74, 6) is -0.740. The number of rotatable bonds is 6. The van der Waals surface area contributed by atoms with Crippen molar-refractivity contribution in [1.82, 2.24) is 20.1 Å². The van der Waals surface area contributed by atoms with E-state index in [4.69, 9.17) is 5.73 Å². The second-order valence-electron chi connectivity index (χ2n) is 8.81. The maximum Gasteiger partial charge on any atom is 0.225 e. The van der Waals surface area contributed by atoms with Crippen molar-refractivity contribution in [2.75, 3.05) is 31.9 Å². The van der Waals surface area contributed by atoms with Gasteiger partial charge < -0.3 is 16.0 Å². The summed E-state index contributed by atoms with van der Waals surface area (Å²) in [5, 5.41) is 3.25. The molecule has 0 unspecified atom stereocenters. The molecule has 2 aliphatic heterocycles. The van der Waals surface area contributed by atoms with Crippen LogP contribution in [0.4, 0.5) is 14.5 Å². The van der Waals surface area contributed by atoms with Crippen LogP contribution in [0.25, 0.3) is 0 Å². The van der Waals surface area contributed by atoms with Crippen LogP contribution >= 0.6 is 0 Å². The number of hydrogen-bond acceptors (Lipinski definition) is 5. The number of nitrogens with zero attached hydrogens (tertiary/aromatic N) is 3. The van der Waals surface area contributed by atoms with E-state index in [-0.39, 0.29) is 30.0 Å². The number of piperidine rings is 2. The summed E-state index contributed by atoms with van der Waals surface area (Å²) < 4.78 is 27.6. The van der Waals surface area contributed by atoms with Crippen molar-refractivity contribution < 1.29 is 13.6 Å². The molecule has 0 spiro atoms. The minimum Gasteiger partial charge on any atom is -0.397 e. The lowest BCUT2D eigenvalue weighted by atomic mass is 9.93. The van der Waals surface area contributed by atoms with Gasteiger partial charge in [0.15, 0.2) is 0 Å². The van der Waals surface area contributed by atoms with Gasteiger partial charge in [-0.2, -0.15) is 0 Å². The maximum absolute atomic E-state index is 13.8. The molecule has 0 bridgehead atoms. The monoisotopic (exact) mass is 473 g/mol. The fourth-order valence-electron chi connectivity index (χ4n) is 4.67. The lowest BCUT2D eigenvalue weighted by Gasteiger charge is -2.37. The van der Waals surface area contributed by atoms with Gasteiger partial charge in [0.05, 0.1) is 11.9 Å². The minimum absolute atomic E-state index is 0.0676. The molecule has 2 saturated heterocycles. The van der Waals surface area contributed by atoms with Crippen LogP contribution < -0.4 is 11.1 Å². The van der Waals surface area contributed by atoms with Crippen molar-refractivity contribution in [3.8, 4) is 0 Å². The number of nitrogen functional groups attached to an aromatic ring is 1. The molecule has 1 amide bonds. The zero-order valence-electron chi connectivity index (χ0n) is 20.3. The first-order valence-corrected chi connectivity index (χ1v) is 12.4. The van der Waals surface area contributed by atoms with Crippen LogP contribution in [0, 0.1) is 17.6 Å². The fraction of sp³-hybridized carbons (Fsp3) is 0.538. The van der Waals surface area contributed by atoms with Crippen LogP contribution in [0.15, 0.2) is 36.7 Å². The Labute approximate surface area is 201 Å². The molecule has 186 valence electrons. The Hall–Kier alpha value is -2.58.